The van der Waals surface area contributed by atoms with Gasteiger partial charge in [0.05, 0.1) is 5.70 Å². The maximum Gasteiger partial charge on any atom is 0.405 e. The SMILES string of the molecule is C=C=C(O)C(=CC=CC=O)NCC(F)(F)F. The molecule has 0 bridgehead atoms. The molecule has 0 aliphatic rings. The molecule has 88 valence electrons. The number of nitrogens with one attached hydrogen (secondary N) is 1. The first kappa shape index (κ1) is 14.1. The topological polar surface area (TPSA) is 49.3 Å². The molecule has 0 aliphatic heterocycles. The van der Waals surface area contributed by atoms with E-state index in [1.807, 2.05) is 11.0 Å². The van der Waals surface area contributed by atoms with Gasteiger partial charge in [0, 0.05) is 0 Å². The minimum Gasteiger partial charge on any atom is -0.500 e. The number of alkyl halides is 3. The van der Waals surface area contributed by atoms with Crippen LogP contribution in [0.3, 0.4) is 0 Å². The smallest absolute Gasteiger partial charge is 0.405 e. The van der Waals surface area contributed by atoms with Crippen LogP contribution in [0.15, 0.2) is 42.0 Å². The summed E-state index contributed by atoms with van der Waals surface area (Å²) in [5.41, 5.74) is 1.81. The van der Waals surface area contributed by atoms with Crippen LogP contribution in [0.1, 0.15) is 0 Å². The fourth-order valence-electron chi connectivity index (χ4n) is 0.709. The maximum absolute atomic E-state index is 11.9. The van der Waals surface area contributed by atoms with Crippen molar-refractivity contribution in [2.75, 3.05) is 6.54 Å². The van der Waals surface area contributed by atoms with Crippen molar-refractivity contribution < 1.29 is 23.1 Å². The second kappa shape index (κ2) is 6.53. The summed E-state index contributed by atoms with van der Waals surface area (Å²) in [7, 11) is 0. The molecule has 0 radical (unpaired) electrons. The molecule has 0 rings (SSSR count). The second-order valence-electron chi connectivity index (χ2n) is 2.60. The van der Waals surface area contributed by atoms with Gasteiger partial charge in [0.25, 0.3) is 0 Å². The lowest BCUT2D eigenvalue weighted by Crippen LogP contribution is -2.28. The van der Waals surface area contributed by atoms with Crippen LogP contribution >= 0.6 is 0 Å². The molecule has 6 heteroatoms. The summed E-state index contributed by atoms with van der Waals surface area (Å²) in [6.07, 6.45) is -0.611. The zero-order chi connectivity index (χ0) is 12.6. The third kappa shape index (κ3) is 6.50. The number of aliphatic hydroxyl groups excluding tert-OH is 1. The lowest BCUT2D eigenvalue weighted by atomic mass is 10.3. The summed E-state index contributed by atoms with van der Waals surface area (Å²) >= 11 is 0. The Morgan fingerprint density at radius 3 is 2.50 bits per heavy atom. The van der Waals surface area contributed by atoms with Gasteiger partial charge in [-0.15, -0.1) is 0 Å². The van der Waals surface area contributed by atoms with Crippen LogP contribution in [0.25, 0.3) is 0 Å². The van der Waals surface area contributed by atoms with Gasteiger partial charge in [0.1, 0.15) is 12.8 Å². The van der Waals surface area contributed by atoms with Gasteiger partial charge in [-0.25, -0.2) is 0 Å². The van der Waals surface area contributed by atoms with Crippen molar-refractivity contribution in [1.82, 2.24) is 5.32 Å². The van der Waals surface area contributed by atoms with E-state index in [2.05, 4.69) is 6.58 Å². The summed E-state index contributed by atoms with van der Waals surface area (Å²) in [5.74, 6) is -0.556. The van der Waals surface area contributed by atoms with Crippen molar-refractivity contribution in [3.05, 3.63) is 42.0 Å². The first-order valence-corrected chi connectivity index (χ1v) is 4.13. The summed E-state index contributed by atoms with van der Waals surface area (Å²) < 4.78 is 35.6. The van der Waals surface area contributed by atoms with Gasteiger partial charge >= 0.3 is 6.18 Å². The van der Waals surface area contributed by atoms with Gasteiger partial charge < -0.3 is 10.4 Å². The minimum absolute atomic E-state index is 0.217. The Labute approximate surface area is 90.3 Å². The molecule has 0 aliphatic carbocycles. The standard InChI is InChI=1S/C10H10F3NO2/c1-2-9(16)8(5-3-4-6-15)14-7-10(11,12)13/h3-6,14,16H,1,7H2. The number of halogens is 3. The molecule has 0 aromatic rings. The van der Waals surface area contributed by atoms with Crippen LogP contribution in [0.4, 0.5) is 13.2 Å². The number of carbonyl (C=O) groups is 1. The van der Waals surface area contributed by atoms with Crippen LogP contribution < -0.4 is 5.32 Å². The fraction of sp³-hybridized carbons (Fsp3) is 0.200. The van der Waals surface area contributed by atoms with E-state index >= 15 is 0 Å². The number of rotatable bonds is 5. The van der Waals surface area contributed by atoms with Gasteiger partial charge in [-0.2, -0.15) is 13.2 Å². The van der Waals surface area contributed by atoms with Crippen molar-refractivity contribution in [2.24, 2.45) is 0 Å². The van der Waals surface area contributed by atoms with E-state index in [1.165, 1.54) is 6.08 Å². The molecule has 3 nitrogen and oxygen atoms in total. The van der Waals surface area contributed by atoms with Crippen molar-refractivity contribution in [1.29, 1.82) is 0 Å². The molecule has 0 atom stereocenters. The zero-order valence-electron chi connectivity index (χ0n) is 8.21. The van der Waals surface area contributed by atoms with E-state index in [0.29, 0.717) is 6.29 Å². The number of carbonyl (C=O) groups excluding carboxylic acids is 1. The van der Waals surface area contributed by atoms with Gasteiger partial charge in [-0.1, -0.05) is 18.4 Å². The van der Waals surface area contributed by atoms with Crippen LogP contribution in [-0.2, 0) is 4.79 Å². The van der Waals surface area contributed by atoms with E-state index < -0.39 is 18.5 Å². The summed E-state index contributed by atoms with van der Waals surface area (Å²) in [6.45, 7) is 1.78. The lowest BCUT2D eigenvalue weighted by Gasteiger charge is -2.10. The normalized spacial score (nSPS) is 12.3. The van der Waals surface area contributed by atoms with Crippen molar-refractivity contribution in [2.45, 2.75) is 6.18 Å². The summed E-state index contributed by atoms with van der Waals surface area (Å²) in [6, 6.07) is 0. The van der Waals surface area contributed by atoms with E-state index in [-0.39, 0.29) is 5.70 Å². The Kier molecular flexibility index (Phi) is 5.74. The van der Waals surface area contributed by atoms with Crippen LogP contribution in [0.2, 0.25) is 0 Å². The number of aliphatic hydroxyl groups is 1. The quantitative estimate of drug-likeness (QED) is 0.251. The van der Waals surface area contributed by atoms with E-state index in [1.54, 1.807) is 0 Å². The van der Waals surface area contributed by atoms with Crippen molar-refractivity contribution in [3.63, 3.8) is 0 Å². The van der Waals surface area contributed by atoms with Gasteiger partial charge in [-0.05, 0) is 12.2 Å². The predicted octanol–water partition coefficient (Wildman–Crippen LogP) is 2.00. The maximum atomic E-state index is 11.9. The molecule has 0 saturated heterocycles. The molecule has 0 fully saturated rings. The van der Waals surface area contributed by atoms with Gasteiger partial charge in [0.2, 0.25) is 0 Å². The average Bonchev–Trinajstić information content (AvgIpc) is 2.20. The Hall–Kier alpha value is -1.94. The third-order valence-electron chi connectivity index (χ3n) is 1.35. The predicted molar refractivity (Wildman–Crippen MR) is 52.6 cm³/mol. The molecule has 0 heterocycles. The Bertz CT molecular complexity index is 350. The highest BCUT2D eigenvalue weighted by Crippen LogP contribution is 2.14. The first-order chi connectivity index (χ1) is 7.40. The number of aldehydes is 1. The Morgan fingerprint density at radius 1 is 1.44 bits per heavy atom. The average molecular weight is 233 g/mol. The van der Waals surface area contributed by atoms with Crippen molar-refractivity contribution in [3.8, 4) is 0 Å². The highest BCUT2D eigenvalue weighted by Gasteiger charge is 2.27. The van der Waals surface area contributed by atoms with Gasteiger partial charge in [0.15, 0.2) is 5.76 Å². The molecule has 0 spiro atoms. The molecule has 16 heavy (non-hydrogen) atoms. The molecular formula is C10H10F3NO2. The highest BCUT2D eigenvalue weighted by molar-refractivity contribution is 5.65. The number of hydrogen-bond acceptors (Lipinski definition) is 3. The molecule has 0 saturated carbocycles. The third-order valence-corrected chi connectivity index (χ3v) is 1.35. The fourth-order valence-corrected chi connectivity index (χ4v) is 0.709. The molecule has 0 unspecified atom stereocenters. The number of allylic oxidation sites excluding steroid dienone is 3. The zero-order valence-corrected chi connectivity index (χ0v) is 8.21. The highest BCUT2D eigenvalue weighted by atomic mass is 19.4. The van der Waals surface area contributed by atoms with E-state index in [0.717, 1.165) is 12.2 Å². The lowest BCUT2D eigenvalue weighted by molar-refractivity contribution is -0.123. The van der Waals surface area contributed by atoms with Crippen LogP contribution in [-0.4, -0.2) is 24.1 Å². The summed E-state index contributed by atoms with van der Waals surface area (Å²) in [4.78, 5) is 9.93. The number of hydrogen-bond donors (Lipinski definition) is 2. The molecule has 0 aromatic carbocycles. The van der Waals surface area contributed by atoms with E-state index in [4.69, 9.17) is 5.11 Å². The molecular weight excluding hydrogens is 223 g/mol. The van der Waals surface area contributed by atoms with E-state index in [9.17, 15) is 18.0 Å². The Morgan fingerprint density at radius 2 is 2.06 bits per heavy atom. The molecule has 0 aromatic heterocycles. The molecule has 0 amide bonds. The largest absolute Gasteiger partial charge is 0.500 e. The minimum atomic E-state index is -4.41. The van der Waals surface area contributed by atoms with Crippen LogP contribution in [0, 0.1) is 0 Å². The first-order valence-electron chi connectivity index (χ1n) is 4.13. The van der Waals surface area contributed by atoms with Crippen LogP contribution in [0.5, 0.6) is 0 Å². The Balaban J connectivity index is 4.70. The molecule has 2 N–H and O–H groups in total. The van der Waals surface area contributed by atoms with Gasteiger partial charge in [-0.3, -0.25) is 4.79 Å². The second-order valence-corrected chi connectivity index (χ2v) is 2.60. The summed E-state index contributed by atoms with van der Waals surface area (Å²) in [5, 5.41) is 11.1. The monoisotopic (exact) mass is 233 g/mol. The van der Waals surface area contributed by atoms with Crippen molar-refractivity contribution >= 4 is 6.29 Å².